The summed E-state index contributed by atoms with van der Waals surface area (Å²) in [4.78, 5) is 48.0. The van der Waals surface area contributed by atoms with Crippen LogP contribution in [0.4, 0.5) is 10.5 Å². The van der Waals surface area contributed by atoms with E-state index >= 15 is 0 Å². The van der Waals surface area contributed by atoms with E-state index in [4.69, 9.17) is 16.0 Å². The normalized spacial score (nSPS) is 14.8. The van der Waals surface area contributed by atoms with Gasteiger partial charge >= 0.3 is 12.1 Å². The first-order valence-electron chi connectivity index (χ1n) is 11.9. The number of benzene rings is 2. The summed E-state index contributed by atoms with van der Waals surface area (Å²) in [5, 5.41) is 0. The average Bonchev–Trinajstić information content (AvgIpc) is 2.95. The summed E-state index contributed by atoms with van der Waals surface area (Å²) in [6.07, 6.45) is 2.08. The number of amides is 2. The summed E-state index contributed by atoms with van der Waals surface area (Å²) in [5.41, 5.74) is 2.13. The number of carbonyl (C=O) groups excluding carboxylic acids is 3. The maximum Gasteiger partial charge on any atom is 0.415 e. The molecule has 2 heterocycles. The van der Waals surface area contributed by atoms with Crippen LogP contribution < -0.4 is 9.47 Å². The molecular weight excluding hydrogens is 488 g/mol. The van der Waals surface area contributed by atoms with Crippen molar-refractivity contribution < 1.29 is 28.6 Å². The van der Waals surface area contributed by atoms with Gasteiger partial charge in [0.05, 0.1) is 25.4 Å². The Balaban J connectivity index is 1.31. The number of hydrogen-bond acceptors (Lipinski definition) is 7. The molecule has 194 valence electrons. The number of methoxy groups -OCH3 is 1. The number of rotatable bonds is 6. The second kappa shape index (κ2) is 11.9. The van der Waals surface area contributed by atoms with E-state index in [2.05, 4.69) is 14.6 Å². The van der Waals surface area contributed by atoms with Gasteiger partial charge < -0.3 is 24.0 Å². The fourth-order valence-corrected chi connectivity index (χ4v) is 4.04. The highest BCUT2D eigenvalue weighted by Gasteiger charge is 2.31. The Morgan fingerprint density at radius 2 is 1.82 bits per heavy atom. The first-order valence-corrected chi connectivity index (χ1v) is 11.9. The van der Waals surface area contributed by atoms with Gasteiger partial charge in [-0.15, -0.1) is 0 Å². The third-order valence-electron chi connectivity index (χ3n) is 6.03. The number of pyridine rings is 1. The van der Waals surface area contributed by atoms with Gasteiger partial charge in [0, 0.05) is 37.4 Å². The van der Waals surface area contributed by atoms with Crippen LogP contribution in [0.3, 0.4) is 0 Å². The largest absolute Gasteiger partial charge is 0.489 e. The van der Waals surface area contributed by atoms with E-state index in [1.54, 1.807) is 41.3 Å². The van der Waals surface area contributed by atoms with Gasteiger partial charge in [0.25, 0.3) is 5.91 Å². The van der Waals surface area contributed by atoms with Crippen LogP contribution in [-0.4, -0.2) is 65.5 Å². The Kier molecular flexibility index (Phi) is 8.18. The SMILES string of the molecule is [C-]#[N+]c1cccc(COc2ccc(C(=O)N3CCN(C(=O)Oc4cncc(C(=O)OC)c4)CC3C)cc2)c1. The van der Waals surface area contributed by atoms with E-state index in [-0.39, 0.29) is 23.3 Å². The lowest BCUT2D eigenvalue weighted by atomic mass is 10.1. The van der Waals surface area contributed by atoms with Crippen molar-refractivity contribution in [3.05, 3.63) is 95.1 Å². The molecule has 38 heavy (non-hydrogen) atoms. The van der Waals surface area contributed by atoms with Gasteiger partial charge in [0.2, 0.25) is 0 Å². The number of carbonyl (C=O) groups is 3. The fraction of sp³-hybridized carbons (Fsp3) is 0.250. The maximum atomic E-state index is 13.1. The molecule has 1 unspecified atom stereocenters. The molecule has 0 aliphatic carbocycles. The summed E-state index contributed by atoms with van der Waals surface area (Å²) in [6.45, 7) is 10.2. The van der Waals surface area contributed by atoms with Crippen molar-refractivity contribution in [1.82, 2.24) is 14.8 Å². The van der Waals surface area contributed by atoms with Crippen LogP contribution in [-0.2, 0) is 11.3 Å². The molecule has 0 saturated carbocycles. The Morgan fingerprint density at radius 3 is 2.53 bits per heavy atom. The molecule has 1 aliphatic rings. The molecule has 1 atom stereocenters. The Bertz CT molecular complexity index is 1370. The lowest BCUT2D eigenvalue weighted by Crippen LogP contribution is -2.56. The van der Waals surface area contributed by atoms with Gasteiger partial charge in [-0.2, -0.15) is 0 Å². The first-order chi connectivity index (χ1) is 18.4. The van der Waals surface area contributed by atoms with Crippen LogP contribution >= 0.6 is 0 Å². The van der Waals surface area contributed by atoms with Gasteiger partial charge in [0.15, 0.2) is 11.4 Å². The summed E-state index contributed by atoms with van der Waals surface area (Å²) < 4.78 is 15.8. The molecule has 0 bridgehead atoms. The molecular formula is C28H26N4O6. The van der Waals surface area contributed by atoms with Gasteiger partial charge in [-0.3, -0.25) is 9.78 Å². The van der Waals surface area contributed by atoms with Crippen molar-refractivity contribution >= 4 is 23.7 Å². The highest BCUT2D eigenvalue weighted by Crippen LogP contribution is 2.21. The molecule has 4 rings (SSSR count). The van der Waals surface area contributed by atoms with E-state index in [1.165, 1.54) is 30.5 Å². The zero-order valence-electron chi connectivity index (χ0n) is 21.0. The van der Waals surface area contributed by atoms with Crippen LogP contribution in [0, 0.1) is 6.57 Å². The molecule has 0 radical (unpaired) electrons. The topological polar surface area (TPSA) is 103 Å². The van der Waals surface area contributed by atoms with E-state index in [1.807, 2.05) is 19.1 Å². The molecule has 1 saturated heterocycles. The fourth-order valence-electron chi connectivity index (χ4n) is 4.04. The minimum absolute atomic E-state index is 0.130. The van der Waals surface area contributed by atoms with Crippen LogP contribution in [0.2, 0.25) is 0 Å². The summed E-state index contributed by atoms with van der Waals surface area (Å²) in [7, 11) is 1.25. The van der Waals surface area contributed by atoms with E-state index in [0.717, 1.165) is 5.56 Å². The number of aromatic nitrogens is 1. The van der Waals surface area contributed by atoms with Crippen LogP contribution in [0.25, 0.3) is 4.85 Å². The zero-order valence-corrected chi connectivity index (χ0v) is 21.0. The lowest BCUT2D eigenvalue weighted by molar-refractivity contribution is 0.0495. The monoisotopic (exact) mass is 514 g/mol. The molecule has 0 N–H and O–H groups in total. The maximum absolute atomic E-state index is 13.1. The Hall–Kier alpha value is -4.91. The Morgan fingerprint density at radius 1 is 1.03 bits per heavy atom. The average molecular weight is 515 g/mol. The zero-order chi connectivity index (χ0) is 27.1. The van der Waals surface area contributed by atoms with Crippen molar-refractivity contribution in [2.75, 3.05) is 26.7 Å². The summed E-state index contributed by atoms with van der Waals surface area (Å²) >= 11 is 0. The van der Waals surface area contributed by atoms with E-state index < -0.39 is 12.1 Å². The van der Waals surface area contributed by atoms with Gasteiger partial charge in [-0.05, 0) is 48.9 Å². The second-order valence-corrected chi connectivity index (χ2v) is 8.66. The molecule has 2 aromatic carbocycles. The molecule has 1 aliphatic heterocycles. The van der Waals surface area contributed by atoms with Crippen molar-refractivity contribution in [1.29, 1.82) is 0 Å². The number of ether oxygens (including phenoxy) is 3. The van der Waals surface area contributed by atoms with Crippen molar-refractivity contribution in [2.24, 2.45) is 0 Å². The van der Waals surface area contributed by atoms with Crippen molar-refractivity contribution in [3.8, 4) is 11.5 Å². The van der Waals surface area contributed by atoms with Gasteiger partial charge in [0.1, 0.15) is 12.4 Å². The number of piperazine rings is 1. The number of nitrogens with zero attached hydrogens (tertiary/aromatic N) is 4. The summed E-state index contributed by atoms with van der Waals surface area (Å²) in [5.74, 6) is 0.0190. The number of esters is 1. The predicted octanol–water partition coefficient (Wildman–Crippen LogP) is 4.34. The van der Waals surface area contributed by atoms with Crippen LogP contribution in [0.5, 0.6) is 11.5 Å². The predicted molar refractivity (Wildman–Crippen MR) is 137 cm³/mol. The second-order valence-electron chi connectivity index (χ2n) is 8.66. The Labute approximate surface area is 220 Å². The lowest BCUT2D eigenvalue weighted by Gasteiger charge is -2.39. The van der Waals surface area contributed by atoms with Crippen molar-refractivity contribution in [2.45, 2.75) is 19.6 Å². The number of hydrogen-bond donors (Lipinski definition) is 0. The highest BCUT2D eigenvalue weighted by molar-refractivity contribution is 5.94. The molecule has 3 aromatic rings. The van der Waals surface area contributed by atoms with E-state index in [9.17, 15) is 14.4 Å². The first kappa shape index (κ1) is 26.2. The molecule has 1 fully saturated rings. The highest BCUT2D eigenvalue weighted by atomic mass is 16.6. The molecule has 10 nitrogen and oxygen atoms in total. The molecule has 2 amide bonds. The van der Waals surface area contributed by atoms with Gasteiger partial charge in [-0.25, -0.2) is 14.4 Å². The molecule has 0 spiro atoms. The smallest absolute Gasteiger partial charge is 0.415 e. The van der Waals surface area contributed by atoms with Crippen LogP contribution in [0.1, 0.15) is 33.2 Å². The van der Waals surface area contributed by atoms with Crippen molar-refractivity contribution in [3.63, 3.8) is 0 Å². The van der Waals surface area contributed by atoms with Crippen LogP contribution in [0.15, 0.2) is 67.0 Å². The third-order valence-corrected chi connectivity index (χ3v) is 6.03. The van der Waals surface area contributed by atoms with E-state index in [0.29, 0.717) is 43.2 Å². The quantitative estimate of drug-likeness (QED) is 0.356. The minimum atomic E-state index is -0.587. The molecule has 1 aromatic heterocycles. The summed E-state index contributed by atoms with van der Waals surface area (Å²) in [6, 6.07) is 15.3. The van der Waals surface area contributed by atoms with Gasteiger partial charge in [-0.1, -0.05) is 18.2 Å². The molecule has 10 heteroatoms. The minimum Gasteiger partial charge on any atom is -0.489 e. The third kappa shape index (κ3) is 6.25. The standard InChI is InChI=1S/C28H26N4O6/c1-19-17-31(28(35)38-25-14-22(15-30-16-25)27(34)36-3)11-12-32(19)26(33)21-7-9-24(10-8-21)37-18-20-5-4-6-23(13-20)29-2/h4-10,13-16,19H,11-12,17-18H2,1,3H3.